The van der Waals surface area contributed by atoms with Crippen LogP contribution in [0.5, 0.6) is 0 Å². The second-order valence-corrected chi connectivity index (χ2v) is 11.9. The number of nitrogens with zero attached hydrogens (tertiary/aromatic N) is 5. The number of anilines is 3. The van der Waals surface area contributed by atoms with E-state index in [1.54, 1.807) is 0 Å². The summed E-state index contributed by atoms with van der Waals surface area (Å²) < 4.78 is 5.49. The zero-order chi connectivity index (χ0) is 26.7. The van der Waals surface area contributed by atoms with Crippen LogP contribution in [-0.4, -0.2) is 76.8 Å². The molecule has 9 nitrogen and oxygen atoms in total. The number of ether oxygens (including phenoxy) is 1. The van der Waals surface area contributed by atoms with E-state index in [4.69, 9.17) is 15.5 Å². The van der Waals surface area contributed by atoms with Crippen molar-refractivity contribution < 1.29 is 9.53 Å². The third kappa shape index (κ3) is 6.38. The first-order valence-corrected chi connectivity index (χ1v) is 14.2. The van der Waals surface area contributed by atoms with E-state index in [2.05, 4.69) is 44.4 Å². The predicted octanol–water partition coefficient (Wildman–Crippen LogP) is 4.47. The quantitative estimate of drug-likeness (QED) is 0.575. The number of aromatic nitrogens is 2. The molecule has 1 aromatic heterocycles. The van der Waals surface area contributed by atoms with E-state index in [9.17, 15) is 4.79 Å². The molecule has 0 bridgehead atoms. The van der Waals surface area contributed by atoms with Crippen molar-refractivity contribution in [1.82, 2.24) is 19.8 Å². The molecular formula is C29H43N7O2. The Labute approximate surface area is 226 Å². The van der Waals surface area contributed by atoms with Crippen LogP contribution in [0.15, 0.2) is 30.5 Å². The van der Waals surface area contributed by atoms with Crippen molar-refractivity contribution in [2.24, 2.45) is 5.73 Å². The molecule has 0 spiro atoms. The zero-order valence-corrected chi connectivity index (χ0v) is 23.2. The first-order valence-electron chi connectivity index (χ1n) is 14.2. The second-order valence-electron chi connectivity index (χ2n) is 11.9. The normalized spacial score (nSPS) is 19.8. The average molecular weight is 522 g/mol. The van der Waals surface area contributed by atoms with E-state index >= 15 is 0 Å². The fourth-order valence-electron chi connectivity index (χ4n) is 5.66. The summed E-state index contributed by atoms with van der Waals surface area (Å²) in [5, 5.41) is 3.47. The van der Waals surface area contributed by atoms with Crippen molar-refractivity contribution in [1.29, 1.82) is 0 Å². The first-order chi connectivity index (χ1) is 18.3. The van der Waals surface area contributed by atoms with Crippen molar-refractivity contribution in [2.75, 3.05) is 49.5 Å². The monoisotopic (exact) mass is 521 g/mol. The summed E-state index contributed by atoms with van der Waals surface area (Å²) in [6, 6.07) is 9.21. The molecule has 3 saturated heterocycles. The Hall–Kier alpha value is -2.91. The van der Waals surface area contributed by atoms with Gasteiger partial charge >= 0.3 is 6.09 Å². The van der Waals surface area contributed by atoms with Gasteiger partial charge in [0.2, 0.25) is 0 Å². The van der Waals surface area contributed by atoms with Crippen LogP contribution >= 0.6 is 0 Å². The number of amides is 1. The lowest BCUT2D eigenvalue weighted by Gasteiger charge is -2.47. The second kappa shape index (κ2) is 11.5. The number of rotatable bonds is 6. The molecule has 0 radical (unpaired) electrons. The largest absolute Gasteiger partial charge is 0.444 e. The van der Waals surface area contributed by atoms with Gasteiger partial charge in [-0.25, -0.2) is 9.78 Å². The Morgan fingerprint density at radius 2 is 1.74 bits per heavy atom. The molecule has 38 heavy (non-hydrogen) atoms. The molecule has 3 N–H and O–H groups in total. The van der Waals surface area contributed by atoms with E-state index < -0.39 is 5.60 Å². The maximum Gasteiger partial charge on any atom is 0.410 e. The SMILES string of the molecule is CC(C)(C)OC(=O)N1CC(N2CCC(c3ccc(Nc4nc(N5CCCCC5)cnc4CN)cc3)CC2)C1. The molecule has 0 atom stereocenters. The fourth-order valence-corrected chi connectivity index (χ4v) is 5.66. The van der Waals surface area contributed by atoms with Crippen LogP contribution in [0.1, 0.15) is 70.1 Å². The Morgan fingerprint density at radius 1 is 1.05 bits per heavy atom. The van der Waals surface area contributed by atoms with Crippen molar-refractivity contribution in [2.45, 2.75) is 77.0 Å². The van der Waals surface area contributed by atoms with E-state index in [1.807, 2.05) is 31.9 Å². The molecule has 3 aliphatic heterocycles. The first kappa shape index (κ1) is 26.7. The molecule has 2 aromatic rings. The van der Waals surface area contributed by atoms with Gasteiger partial charge in [-0.1, -0.05) is 12.1 Å². The van der Waals surface area contributed by atoms with Crippen molar-refractivity contribution in [3.05, 3.63) is 41.7 Å². The predicted molar refractivity (Wildman–Crippen MR) is 151 cm³/mol. The third-order valence-corrected chi connectivity index (χ3v) is 7.91. The minimum Gasteiger partial charge on any atom is -0.444 e. The minimum absolute atomic E-state index is 0.194. The minimum atomic E-state index is -0.442. The van der Waals surface area contributed by atoms with Crippen molar-refractivity contribution >= 4 is 23.4 Å². The van der Waals surface area contributed by atoms with E-state index in [1.165, 1.54) is 24.8 Å². The lowest BCUT2D eigenvalue weighted by atomic mass is 9.88. The standard InChI is InChI=1S/C29H43N7O2/c1-29(2,3)38-28(37)36-19-24(20-36)34-15-11-22(12-16-34)21-7-9-23(10-8-21)32-27-25(17-30)31-18-26(33-27)35-13-5-4-6-14-35/h7-10,18,22,24H,4-6,11-17,19-20,30H2,1-3H3,(H,32,33). The Balaban J connectivity index is 1.13. The summed E-state index contributed by atoms with van der Waals surface area (Å²) in [5.41, 5.74) is 8.68. The number of hydrogen-bond acceptors (Lipinski definition) is 8. The fraction of sp³-hybridized carbons (Fsp3) is 0.621. The summed E-state index contributed by atoms with van der Waals surface area (Å²) in [7, 11) is 0. The number of likely N-dealkylation sites (tertiary alicyclic amines) is 2. The highest BCUT2D eigenvalue weighted by Crippen LogP contribution is 2.32. The Morgan fingerprint density at radius 3 is 2.37 bits per heavy atom. The number of nitrogens with two attached hydrogens (primary N) is 1. The molecule has 0 saturated carbocycles. The molecular weight excluding hydrogens is 478 g/mol. The van der Waals surface area contributed by atoms with Gasteiger partial charge in [-0.3, -0.25) is 9.88 Å². The Kier molecular flexibility index (Phi) is 8.04. The summed E-state index contributed by atoms with van der Waals surface area (Å²) in [5.74, 6) is 2.23. The average Bonchev–Trinajstić information content (AvgIpc) is 2.88. The molecule has 9 heteroatoms. The van der Waals surface area contributed by atoms with Gasteiger partial charge in [-0.15, -0.1) is 0 Å². The number of benzene rings is 1. The molecule has 3 aliphatic rings. The molecule has 5 rings (SSSR count). The van der Waals surface area contributed by atoms with E-state index in [0.717, 1.165) is 75.1 Å². The van der Waals surface area contributed by atoms with Gasteiger partial charge in [0.05, 0.1) is 11.9 Å². The number of piperidine rings is 2. The van der Waals surface area contributed by atoms with Gasteiger partial charge in [-0.05, 0) is 89.6 Å². The topological polar surface area (TPSA) is 99.9 Å². The number of carbonyl (C=O) groups excluding carboxylic acids is 1. The summed E-state index contributed by atoms with van der Waals surface area (Å²) in [6.45, 7) is 11.8. The molecule has 3 fully saturated rings. The number of carbonyl (C=O) groups is 1. The van der Waals surface area contributed by atoms with Crippen LogP contribution in [0.4, 0.5) is 22.1 Å². The number of nitrogens with one attached hydrogen (secondary N) is 1. The van der Waals surface area contributed by atoms with Crippen LogP contribution in [0.25, 0.3) is 0 Å². The molecule has 1 amide bonds. The summed E-state index contributed by atoms with van der Waals surface area (Å²) >= 11 is 0. The molecule has 4 heterocycles. The maximum atomic E-state index is 12.2. The van der Waals surface area contributed by atoms with Crippen LogP contribution in [0.3, 0.4) is 0 Å². The highest BCUT2D eigenvalue weighted by Gasteiger charge is 2.38. The zero-order valence-electron chi connectivity index (χ0n) is 23.2. The highest BCUT2D eigenvalue weighted by atomic mass is 16.6. The van der Waals surface area contributed by atoms with E-state index in [0.29, 0.717) is 18.5 Å². The van der Waals surface area contributed by atoms with Crippen molar-refractivity contribution in [3.8, 4) is 0 Å². The van der Waals surface area contributed by atoms with Gasteiger partial charge in [0.1, 0.15) is 11.4 Å². The van der Waals surface area contributed by atoms with Crippen LogP contribution in [0.2, 0.25) is 0 Å². The summed E-state index contributed by atoms with van der Waals surface area (Å²) in [4.78, 5) is 28.4. The van der Waals surface area contributed by atoms with Crippen LogP contribution in [0, 0.1) is 0 Å². The smallest absolute Gasteiger partial charge is 0.410 e. The number of hydrogen-bond donors (Lipinski definition) is 2. The lowest BCUT2D eigenvalue weighted by molar-refractivity contribution is -0.0196. The molecule has 206 valence electrons. The molecule has 0 unspecified atom stereocenters. The van der Waals surface area contributed by atoms with Crippen LogP contribution < -0.4 is 16.0 Å². The highest BCUT2D eigenvalue weighted by molar-refractivity contribution is 5.69. The Bertz CT molecular complexity index is 1080. The van der Waals surface area contributed by atoms with E-state index in [-0.39, 0.29) is 6.09 Å². The van der Waals surface area contributed by atoms with Gasteiger partial charge in [0, 0.05) is 44.5 Å². The summed E-state index contributed by atoms with van der Waals surface area (Å²) in [6.07, 6.45) is 7.62. The van der Waals surface area contributed by atoms with Crippen LogP contribution in [-0.2, 0) is 11.3 Å². The maximum absolute atomic E-state index is 12.2. The van der Waals surface area contributed by atoms with Gasteiger partial charge in [-0.2, -0.15) is 0 Å². The van der Waals surface area contributed by atoms with Crippen molar-refractivity contribution in [3.63, 3.8) is 0 Å². The van der Waals surface area contributed by atoms with Gasteiger partial charge < -0.3 is 25.6 Å². The third-order valence-electron chi connectivity index (χ3n) is 7.91. The lowest BCUT2D eigenvalue weighted by Crippen LogP contribution is -2.62. The van der Waals surface area contributed by atoms with Gasteiger partial charge in [0.25, 0.3) is 0 Å². The van der Waals surface area contributed by atoms with Gasteiger partial charge in [0.15, 0.2) is 5.82 Å². The molecule has 0 aliphatic carbocycles. The molecule has 1 aromatic carbocycles.